The number of quaternary nitrogens is 1. The molecule has 0 saturated carbocycles. The summed E-state index contributed by atoms with van der Waals surface area (Å²) >= 11 is 0. The number of nitrogens with zero attached hydrogens (tertiary/aromatic N) is 3. The molecular formula is C36H53N5O+2. The average molecular weight is 572 g/mol. The third-order valence-electron chi connectivity index (χ3n) is 9.22. The van der Waals surface area contributed by atoms with Crippen LogP contribution in [0.4, 0.5) is 11.4 Å². The van der Waals surface area contributed by atoms with Crippen LogP contribution < -0.4 is 16.0 Å². The van der Waals surface area contributed by atoms with Gasteiger partial charge in [-0.3, -0.25) is 4.79 Å². The molecule has 2 aromatic rings. The zero-order valence-corrected chi connectivity index (χ0v) is 27.0. The lowest BCUT2D eigenvalue weighted by atomic mass is 9.81. The molecule has 0 radical (unpaired) electrons. The van der Waals surface area contributed by atoms with E-state index in [0.717, 1.165) is 43.5 Å². The second kappa shape index (κ2) is 13.0. The van der Waals surface area contributed by atoms with Crippen molar-refractivity contribution in [3.05, 3.63) is 83.6 Å². The summed E-state index contributed by atoms with van der Waals surface area (Å²) in [5.41, 5.74) is 13.2. The van der Waals surface area contributed by atoms with Gasteiger partial charge in [0.15, 0.2) is 12.3 Å². The molecular weight excluding hydrogens is 518 g/mol. The van der Waals surface area contributed by atoms with E-state index in [-0.39, 0.29) is 16.7 Å². The Morgan fingerprint density at radius 2 is 1.64 bits per heavy atom. The molecule has 0 aromatic heterocycles. The first kappa shape index (κ1) is 31.7. The normalized spacial score (nSPS) is 18.2. The largest absolute Gasteiger partial charge is 0.356 e. The number of hydrogen-bond donors (Lipinski definition) is 2. The fourth-order valence-electron chi connectivity index (χ4n) is 6.76. The number of benzene rings is 2. The maximum atomic E-state index is 12.9. The van der Waals surface area contributed by atoms with Gasteiger partial charge in [0.25, 0.3) is 0 Å². The Bertz CT molecular complexity index is 1360. The lowest BCUT2D eigenvalue weighted by Crippen LogP contribution is -2.43. The number of anilines is 1. The molecule has 0 fully saturated rings. The molecule has 0 atom stereocenters. The lowest BCUT2D eigenvalue weighted by Gasteiger charge is -2.29. The van der Waals surface area contributed by atoms with Crippen molar-refractivity contribution >= 4 is 23.0 Å². The topological polar surface area (TPSA) is 61.4 Å². The summed E-state index contributed by atoms with van der Waals surface area (Å²) in [5, 5.41) is 3.16. The number of nitrogens with two attached hydrogens (primary N) is 1. The van der Waals surface area contributed by atoms with Crippen LogP contribution in [0.25, 0.3) is 0 Å². The fraction of sp³-hybridized carbons (Fsp3) is 0.500. The fourth-order valence-corrected chi connectivity index (χ4v) is 6.76. The van der Waals surface area contributed by atoms with Gasteiger partial charge in [0, 0.05) is 60.4 Å². The Kier molecular flexibility index (Phi) is 9.79. The van der Waals surface area contributed by atoms with Crippen LogP contribution in [0.2, 0.25) is 0 Å². The highest BCUT2D eigenvalue weighted by Gasteiger charge is 2.44. The van der Waals surface area contributed by atoms with Crippen molar-refractivity contribution in [3.8, 4) is 0 Å². The smallest absolute Gasteiger partial charge is 0.226 e. The van der Waals surface area contributed by atoms with E-state index in [1.807, 2.05) is 0 Å². The summed E-state index contributed by atoms with van der Waals surface area (Å²) in [6.07, 6.45) is 9.21. The second-order valence-corrected chi connectivity index (χ2v) is 13.5. The number of rotatable bonds is 13. The van der Waals surface area contributed by atoms with Gasteiger partial charge in [0.1, 0.15) is 0 Å². The van der Waals surface area contributed by atoms with Crippen LogP contribution in [0, 0.1) is 0 Å². The molecule has 0 aliphatic carbocycles. The van der Waals surface area contributed by atoms with E-state index < -0.39 is 0 Å². The number of fused-ring (bicyclic) bond motifs is 2. The number of allylic oxidation sites excluding steroid dienone is 4. The highest BCUT2D eigenvalue weighted by atomic mass is 16.1. The van der Waals surface area contributed by atoms with Crippen molar-refractivity contribution in [1.82, 2.24) is 5.32 Å². The molecule has 2 aromatic carbocycles. The molecule has 3 N–H and O–H groups in total. The number of likely N-dealkylation sites (N-methyl/N-ethyl adjacent to an activating group) is 1. The molecule has 6 heteroatoms. The van der Waals surface area contributed by atoms with Gasteiger partial charge in [0.05, 0.1) is 39.0 Å². The van der Waals surface area contributed by atoms with Gasteiger partial charge in [0.2, 0.25) is 11.6 Å². The lowest BCUT2D eigenvalue weighted by molar-refractivity contribution is -0.890. The standard InChI is InChI=1S/C36H52N5O/c1-8-39-30-18-11-9-16-28(30)35(2,3)32(39)20-13-21-33-36(4,5)29-17-10-12-19-31(29)40(33)25-22-34(42)38-24-15-27-41(6,7)26-14-23-37/h9-13,16-21H,8,14-15,22-27,37H2,1-7H3/q+1/p+1. The molecule has 4 rings (SSSR count). The summed E-state index contributed by atoms with van der Waals surface area (Å²) in [4.78, 5) is 15.3. The quantitative estimate of drug-likeness (QED) is 0.186. The Balaban J connectivity index is 1.50. The molecule has 2 aliphatic rings. The third-order valence-corrected chi connectivity index (χ3v) is 9.22. The van der Waals surface area contributed by atoms with Crippen molar-refractivity contribution in [3.63, 3.8) is 0 Å². The zero-order valence-electron chi connectivity index (χ0n) is 27.0. The number of para-hydroxylation sites is 2. The Labute approximate surface area is 254 Å². The van der Waals surface area contributed by atoms with E-state index in [1.165, 1.54) is 33.9 Å². The number of carbonyl (C=O) groups excluding carboxylic acids is 1. The van der Waals surface area contributed by atoms with Crippen molar-refractivity contribution in [1.29, 1.82) is 0 Å². The Morgan fingerprint density at radius 1 is 0.976 bits per heavy atom. The van der Waals surface area contributed by atoms with Crippen LogP contribution in [-0.2, 0) is 15.6 Å². The van der Waals surface area contributed by atoms with Crippen LogP contribution in [0.15, 0.2) is 72.5 Å². The van der Waals surface area contributed by atoms with Crippen LogP contribution in [0.3, 0.4) is 0 Å². The second-order valence-electron chi connectivity index (χ2n) is 13.5. The van der Waals surface area contributed by atoms with Gasteiger partial charge in [-0.15, -0.1) is 0 Å². The highest BCUT2D eigenvalue weighted by molar-refractivity contribution is 6.03. The van der Waals surface area contributed by atoms with Gasteiger partial charge in [-0.05, 0) is 45.0 Å². The maximum Gasteiger partial charge on any atom is 0.226 e. The predicted octanol–water partition coefficient (Wildman–Crippen LogP) is 5.64. The zero-order chi connectivity index (χ0) is 30.5. The van der Waals surface area contributed by atoms with E-state index in [4.69, 9.17) is 5.73 Å². The van der Waals surface area contributed by atoms with Gasteiger partial charge >= 0.3 is 0 Å². The summed E-state index contributed by atoms with van der Waals surface area (Å²) in [7, 11) is 4.47. The van der Waals surface area contributed by atoms with E-state index in [0.29, 0.717) is 19.5 Å². The molecule has 2 aliphatic heterocycles. The van der Waals surface area contributed by atoms with Crippen LogP contribution in [-0.4, -0.2) is 74.0 Å². The molecule has 6 nitrogen and oxygen atoms in total. The van der Waals surface area contributed by atoms with E-state index in [1.54, 1.807) is 0 Å². The molecule has 226 valence electrons. The minimum Gasteiger partial charge on any atom is -0.356 e. The van der Waals surface area contributed by atoms with Crippen LogP contribution in [0.1, 0.15) is 65.0 Å². The number of hydrogen-bond acceptors (Lipinski definition) is 3. The van der Waals surface area contributed by atoms with Gasteiger partial charge in [-0.2, -0.15) is 4.58 Å². The Morgan fingerprint density at radius 3 is 2.36 bits per heavy atom. The minimum atomic E-state index is -0.159. The van der Waals surface area contributed by atoms with Gasteiger partial charge < -0.3 is 20.4 Å². The number of carbonyl (C=O) groups is 1. The molecule has 0 bridgehead atoms. The number of amides is 1. The summed E-state index contributed by atoms with van der Waals surface area (Å²) < 4.78 is 3.29. The minimum absolute atomic E-state index is 0.0634. The molecule has 0 saturated heterocycles. The molecule has 0 unspecified atom stereocenters. The maximum absolute atomic E-state index is 12.9. The van der Waals surface area contributed by atoms with Crippen molar-refractivity contribution in [2.24, 2.45) is 5.73 Å². The molecule has 1 amide bonds. The summed E-state index contributed by atoms with van der Waals surface area (Å²) in [6, 6.07) is 17.4. The first-order valence-electron chi connectivity index (χ1n) is 15.7. The van der Waals surface area contributed by atoms with Crippen molar-refractivity contribution < 1.29 is 13.9 Å². The summed E-state index contributed by atoms with van der Waals surface area (Å²) in [6.45, 7) is 16.5. The van der Waals surface area contributed by atoms with Crippen molar-refractivity contribution in [2.75, 3.05) is 58.3 Å². The summed E-state index contributed by atoms with van der Waals surface area (Å²) in [5.74, 6) is 0.110. The van der Waals surface area contributed by atoms with E-state index in [9.17, 15) is 4.79 Å². The average Bonchev–Trinajstić information content (AvgIpc) is 3.32. The van der Waals surface area contributed by atoms with Crippen LogP contribution >= 0.6 is 0 Å². The Hall–Kier alpha value is -3.22. The van der Waals surface area contributed by atoms with Crippen molar-refractivity contribution in [2.45, 2.75) is 64.7 Å². The van der Waals surface area contributed by atoms with Gasteiger partial charge in [-0.1, -0.05) is 56.3 Å². The first-order valence-corrected chi connectivity index (χ1v) is 15.7. The third kappa shape index (κ3) is 6.55. The molecule has 0 spiro atoms. The first-order chi connectivity index (χ1) is 19.9. The van der Waals surface area contributed by atoms with E-state index in [2.05, 4.69) is 130 Å². The molecule has 2 heterocycles. The van der Waals surface area contributed by atoms with Gasteiger partial charge in [-0.25, -0.2) is 0 Å². The van der Waals surface area contributed by atoms with Crippen LogP contribution in [0.5, 0.6) is 0 Å². The monoisotopic (exact) mass is 571 g/mol. The molecule has 42 heavy (non-hydrogen) atoms. The SMILES string of the molecule is CCN1C(=CC=CC2=[N+](CCC(=O)NCCC[N+](C)(C)CCCN)c3ccccc3C2(C)C)C(C)(C)c2ccccc21. The number of nitrogens with one attached hydrogen (secondary N) is 1. The van der Waals surface area contributed by atoms with E-state index >= 15 is 0 Å². The predicted molar refractivity (Wildman–Crippen MR) is 177 cm³/mol. The highest BCUT2D eigenvalue weighted by Crippen LogP contribution is 2.47.